The van der Waals surface area contributed by atoms with Crippen molar-refractivity contribution in [2.45, 2.75) is 39.3 Å². The maximum Gasteiger partial charge on any atom is 0.407 e. The van der Waals surface area contributed by atoms with Gasteiger partial charge in [-0.3, -0.25) is 9.69 Å². The van der Waals surface area contributed by atoms with Gasteiger partial charge >= 0.3 is 6.09 Å². The molecule has 1 aliphatic rings. The summed E-state index contributed by atoms with van der Waals surface area (Å²) >= 11 is 0. The van der Waals surface area contributed by atoms with E-state index in [0.717, 1.165) is 5.56 Å². The molecule has 0 aliphatic carbocycles. The highest BCUT2D eigenvalue weighted by atomic mass is 19.1. The number of piperazine rings is 1. The fourth-order valence-electron chi connectivity index (χ4n) is 3.01. The predicted octanol–water partition coefficient (Wildman–Crippen LogP) is 2.39. The lowest BCUT2D eigenvalue weighted by Gasteiger charge is -2.35. The lowest BCUT2D eigenvalue weighted by atomic mass is 10.1. The third kappa shape index (κ3) is 6.99. The fraction of sp³-hybridized carbons (Fsp3) is 0.600. The van der Waals surface area contributed by atoms with Gasteiger partial charge in [-0.25, -0.2) is 9.18 Å². The zero-order chi connectivity index (χ0) is 20.7. The Labute approximate surface area is 165 Å². The Balaban J connectivity index is 1.74. The Bertz CT molecular complexity index is 683. The molecule has 0 spiro atoms. The predicted molar refractivity (Wildman–Crippen MR) is 104 cm³/mol. The molecule has 0 saturated carbocycles. The number of nitrogens with one attached hydrogen (secondary N) is 1. The number of carbonyl (C=O) groups is 2. The number of nitrogens with zero attached hydrogens (tertiary/aromatic N) is 2. The molecule has 0 aromatic heterocycles. The van der Waals surface area contributed by atoms with Gasteiger partial charge in [0.1, 0.15) is 17.2 Å². The van der Waals surface area contributed by atoms with E-state index < -0.39 is 11.7 Å². The number of hydrogen-bond acceptors (Lipinski definition) is 5. The normalized spacial score (nSPS) is 15.2. The molecule has 156 valence electrons. The molecule has 1 aliphatic heterocycles. The van der Waals surface area contributed by atoms with Crippen molar-refractivity contribution in [3.63, 3.8) is 0 Å². The summed E-state index contributed by atoms with van der Waals surface area (Å²) in [6.45, 7) is 8.78. The molecular weight excluding hydrogens is 365 g/mol. The molecule has 0 bridgehead atoms. The van der Waals surface area contributed by atoms with Gasteiger partial charge in [-0.2, -0.15) is 0 Å². The van der Waals surface area contributed by atoms with Crippen LogP contribution in [0.1, 0.15) is 32.8 Å². The summed E-state index contributed by atoms with van der Waals surface area (Å²) < 4.78 is 23.9. The molecule has 1 fully saturated rings. The highest BCUT2D eigenvalue weighted by molar-refractivity contribution is 5.77. The van der Waals surface area contributed by atoms with Crippen molar-refractivity contribution in [3.05, 3.63) is 29.6 Å². The summed E-state index contributed by atoms with van der Waals surface area (Å²) in [5, 5.41) is 2.60. The molecular formula is C20H30FN3O4. The standard InChI is InChI=1S/C20H30FN3O4/c1-20(2,3)28-19(26)22-8-7-18(25)24-11-9-23(10-12-24)14-15-13-16(21)5-6-17(15)27-4/h5-6,13H,7-12,14H2,1-4H3,(H,22,26). The Hall–Kier alpha value is -2.35. The van der Waals surface area contributed by atoms with Gasteiger partial charge in [0.05, 0.1) is 7.11 Å². The lowest BCUT2D eigenvalue weighted by molar-refractivity contribution is -0.132. The van der Waals surface area contributed by atoms with E-state index >= 15 is 0 Å². The van der Waals surface area contributed by atoms with Crippen molar-refractivity contribution in [2.24, 2.45) is 0 Å². The van der Waals surface area contributed by atoms with Gasteiger partial charge in [0, 0.05) is 51.3 Å². The number of halogens is 1. The van der Waals surface area contributed by atoms with Gasteiger partial charge < -0.3 is 19.7 Å². The van der Waals surface area contributed by atoms with E-state index in [9.17, 15) is 14.0 Å². The highest BCUT2D eigenvalue weighted by Gasteiger charge is 2.22. The fourth-order valence-corrected chi connectivity index (χ4v) is 3.01. The first-order valence-corrected chi connectivity index (χ1v) is 9.47. The zero-order valence-corrected chi connectivity index (χ0v) is 17.1. The van der Waals surface area contributed by atoms with E-state index in [1.807, 2.05) is 0 Å². The number of hydrogen-bond donors (Lipinski definition) is 1. The first-order chi connectivity index (χ1) is 13.2. The molecule has 0 atom stereocenters. The molecule has 1 aromatic rings. The quantitative estimate of drug-likeness (QED) is 0.801. The van der Waals surface area contributed by atoms with Crippen molar-refractivity contribution in [1.29, 1.82) is 0 Å². The largest absolute Gasteiger partial charge is 0.496 e. The van der Waals surface area contributed by atoms with Crippen LogP contribution in [0.4, 0.5) is 9.18 Å². The molecule has 1 N–H and O–H groups in total. The number of methoxy groups -OCH3 is 1. The van der Waals surface area contributed by atoms with Gasteiger partial charge in [0.25, 0.3) is 0 Å². The number of rotatable bonds is 6. The number of alkyl carbamates (subject to hydrolysis) is 1. The van der Waals surface area contributed by atoms with Crippen LogP contribution in [-0.2, 0) is 16.1 Å². The second kappa shape index (κ2) is 9.73. The maximum atomic E-state index is 13.5. The topological polar surface area (TPSA) is 71.1 Å². The molecule has 2 amide bonds. The Kier molecular flexibility index (Phi) is 7.62. The molecule has 2 rings (SSSR count). The summed E-state index contributed by atoms with van der Waals surface area (Å²) in [6, 6.07) is 4.49. The Morgan fingerprint density at radius 1 is 1.18 bits per heavy atom. The van der Waals surface area contributed by atoms with Gasteiger partial charge in [0.15, 0.2) is 0 Å². The molecule has 7 nitrogen and oxygen atoms in total. The second-order valence-electron chi connectivity index (χ2n) is 7.79. The number of ether oxygens (including phenoxy) is 2. The monoisotopic (exact) mass is 395 g/mol. The Morgan fingerprint density at radius 3 is 2.46 bits per heavy atom. The molecule has 0 unspecified atom stereocenters. The minimum Gasteiger partial charge on any atom is -0.496 e. The minimum absolute atomic E-state index is 0.000884. The lowest BCUT2D eigenvalue weighted by Crippen LogP contribution is -2.48. The summed E-state index contributed by atoms with van der Waals surface area (Å²) in [6.07, 6.45) is -0.286. The zero-order valence-electron chi connectivity index (χ0n) is 17.1. The second-order valence-corrected chi connectivity index (χ2v) is 7.79. The number of benzene rings is 1. The van der Waals surface area contributed by atoms with Crippen LogP contribution in [0.5, 0.6) is 5.75 Å². The van der Waals surface area contributed by atoms with E-state index in [4.69, 9.17) is 9.47 Å². The summed E-state index contributed by atoms with van der Waals surface area (Å²) in [7, 11) is 1.57. The molecule has 8 heteroatoms. The van der Waals surface area contributed by atoms with Crippen LogP contribution in [0.15, 0.2) is 18.2 Å². The third-order valence-electron chi connectivity index (χ3n) is 4.37. The van der Waals surface area contributed by atoms with Crippen LogP contribution in [0.3, 0.4) is 0 Å². The van der Waals surface area contributed by atoms with Crippen LogP contribution in [0.2, 0.25) is 0 Å². The van der Waals surface area contributed by atoms with Crippen LogP contribution < -0.4 is 10.1 Å². The minimum atomic E-state index is -0.561. The van der Waals surface area contributed by atoms with Crippen molar-refractivity contribution < 1.29 is 23.5 Å². The molecule has 28 heavy (non-hydrogen) atoms. The van der Waals surface area contributed by atoms with Crippen molar-refractivity contribution in [1.82, 2.24) is 15.1 Å². The smallest absolute Gasteiger partial charge is 0.407 e. The molecule has 1 aromatic carbocycles. The van der Waals surface area contributed by atoms with Gasteiger partial charge in [-0.05, 0) is 39.0 Å². The van der Waals surface area contributed by atoms with Crippen molar-refractivity contribution in [2.75, 3.05) is 39.8 Å². The van der Waals surface area contributed by atoms with Crippen molar-refractivity contribution >= 4 is 12.0 Å². The summed E-state index contributed by atoms with van der Waals surface area (Å²) in [5.74, 6) is 0.370. The molecule has 1 heterocycles. The van der Waals surface area contributed by atoms with Gasteiger partial charge in [-0.15, -0.1) is 0 Å². The van der Waals surface area contributed by atoms with Crippen LogP contribution >= 0.6 is 0 Å². The highest BCUT2D eigenvalue weighted by Crippen LogP contribution is 2.21. The van der Waals surface area contributed by atoms with E-state index in [1.165, 1.54) is 12.1 Å². The van der Waals surface area contributed by atoms with Crippen LogP contribution in [0.25, 0.3) is 0 Å². The maximum absolute atomic E-state index is 13.5. The van der Waals surface area contributed by atoms with Gasteiger partial charge in [0.2, 0.25) is 5.91 Å². The van der Waals surface area contributed by atoms with Crippen LogP contribution in [-0.4, -0.2) is 67.2 Å². The first-order valence-electron chi connectivity index (χ1n) is 9.47. The summed E-state index contributed by atoms with van der Waals surface area (Å²) in [5.41, 5.74) is 0.234. The average molecular weight is 395 g/mol. The van der Waals surface area contributed by atoms with E-state index in [1.54, 1.807) is 38.8 Å². The SMILES string of the molecule is COc1ccc(F)cc1CN1CCN(C(=O)CCNC(=O)OC(C)(C)C)CC1. The third-order valence-corrected chi connectivity index (χ3v) is 4.37. The Morgan fingerprint density at radius 2 is 1.86 bits per heavy atom. The number of carbonyl (C=O) groups excluding carboxylic acids is 2. The van der Waals surface area contributed by atoms with E-state index in [0.29, 0.717) is 38.5 Å². The molecule has 0 radical (unpaired) electrons. The van der Waals surface area contributed by atoms with E-state index in [-0.39, 0.29) is 24.7 Å². The summed E-state index contributed by atoms with van der Waals surface area (Å²) in [4.78, 5) is 27.9. The van der Waals surface area contributed by atoms with Crippen molar-refractivity contribution in [3.8, 4) is 5.75 Å². The van der Waals surface area contributed by atoms with Gasteiger partial charge in [-0.1, -0.05) is 0 Å². The average Bonchev–Trinajstić information content (AvgIpc) is 2.61. The van der Waals surface area contributed by atoms with E-state index in [2.05, 4.69) is 10.2 Å². The first kappa shape index (κ1) is 21.9. The molecule has 1 saturated heterocycles. The van der Waals surface area contributed by atoms with Crippen LogP contribution in [0, 0.1) is 5.82 Å². The number of amides is 2.